The number of carbonyl (C=O) groups is 1. The Morgan fingerprint density at radius 1 is 1.55 bits per heavy atom. The Hall–Kier alpha value is -0.450. The summed E-state index contributed by atoms with van der Waals surface area (Å²) < 4.78 is 10.4. The van der Waals surface area contributed by atoms with Gasteiger partial charge < -0.3 is 19.4 Å². The summed E-state index contributed by atoms with van der Waals surface area (Å²) in [4.78, 5) is 10.3. The molecule has 0 radical (unpaired) electrons. The second kappa shape index (κ2) is 2.55. The quantitative estimate of drug-likeness (QED) is 0.502. The van der Waals surface area contributed by atoms with Gasteiger partial charge in [0.15, 0.2) is 0 Å². The number of aliphatic hydroxyl groups excluding tert-OH is 1. The fourth-order valence-corrected chi connectivity index (χ4v) is 1.61. The number of ether oxygens (including phenoxy) is 2. The van der Waals surface area contributed by atoms with Crippen LogP contribution in [-0.4, -0.2) is 42.4 Å². The zero-order valence-corrected chi connectivity index (χ0v) is 5.97. The lowest BCUT2D eigenvalue weighted by Crippen LogP contribution is -2.27. The van der Waals surface area contributed by atoms with Gasteiger partial charge >= 0.3 is 0 Å². The van der Waals surface area contributed by atoms with E-state index in [2.05, 4.69) is 0 Å². The first-order valence-corrected chi connectivity index (χ1v) is 3.71. The Labute approximate surface area is 64.1 Å². The average molecular weight is 158 g/mol. The molecule has 2 fully saturated rings. The van der Waals surface area contributed by atoms with Crippen molar-refractivity contribution in [3.05, 3.63) is 0 Å². The fourth-order valence-electron chi connectivity index (χ4n) is 1.61. The third-order valence-electron chi connectivity index (χ3n) is 2.18. The topological polar surface area (TPSA) is 55.8 Å². The van der Waals surface area contributed by atoms with Crippen LogP contribution in [0, 0.1) is 0 Å². The van der Waals surface area contributed by atoms with E-state index in [4.69, 9.17) is 9.47 Å². The van der Waals surface area contributed by atoms with E-state index in [0.717, 1.165) is 6.29 Å². The first-order valence-electron chi connectivity index (χ1n) is 3.71. The molecular formula is C7H10O4. The molecule has 4 heteroatoms. The van der Waals surface area contributed by atoms with E-state index in [1.54, 1.807) is 0 Å². The van der Waals surface area contributed by atoms with Crippen LogP contribution in [0.5, 0.6) is 0 Å². The van der Waals surface area contributed by atoms with E-state index in [1.165, 1.54) is 0 Å². The first-order chi connectivity index (χ1) is 5.31. The molecule has 2 rings (SSSR count). The molecule has 2 aliphatic heterocycles. The molecule has 0 bridgehead atoms. The van der Waals surface area contributed by atoms with Gasteiger partial charge in [-0.1, -0.05) is 0 Å². The summed E-state index contributed by atoms with van der Waals surface area (Å²) in [6, 6.07) is 0. The highest BCUT2D eigenvalue weighted by molar-refractivity contribution is 5.56. The van der Waals surface area contributed by atoms with Gasteiger partial charge in [0, 0.05) is 6.42 Å². The first kappa shape index (κ1) is 7.21. The smallest absolute Gasteiger partial charge is 0.148 e. The molecule has 0 saturated carbocycles. The average Bonchev–Trinajstić information content (AvgIpc) is 2.53. The van der Waals surface area contributed by atoms with Crippen LogP contribution >= 0.6 is 0 Å². The molecule has 4 atom stereocenters. The van der Waals surface area contributed by atoms with E-state index in [9.17, 15) is 9.90 Å². The monoisotopic (exact) mass is 158 g/mol. The standard InChI is InChI=1S/C7H10O4/c8-2-4-1-6-7(11-4)5(9)3-10-6/h2,4-7,9H,1,3H2/t4-,5-,6+,7+/m1/s1. The van der Waals surface area contributed by atoms with Crippen LogP contribution in [0.3, 0.4) is 0 Å². The number of rotatable bonds is 1. The Balaban J connectivity index is 2.03. The van der Waals surface area contributed by atoms with Gasteiger partial charge in [-0.2, -0.15) is 0 Å². The maximum absolute atomic E-state index is 10.3. The van der Waals surface area contributed by atoms with Crippen molar-refractivity contribution in [2.24, 2.45) is 0 Å². The van der Waals surface area contributed by atoms with Gasteiger partial charge in [-0.05, 0) is 0 Å². The second-order valence-corrected chi connectivity index (χ2v) is 2.95. The molecule has 4 nitrogen and oxygen atoms in total. The van der Waals surface area contributed by atoms with Crippen molar-refractivity contribution in [3.8, 4) is 0 Å². The molecule has 0 aromatic rings. The summed E-state index contributed by atoms with van der Waals surface area (Å²) >= 11 is 0. The van der Waals surface area contributed by atoms with E-state index in [-0.39, 0.29) is 18.3 Å². The highest BCUT2D eigenvalue weighted by atomic mass is 16.6. The van der Waals surface area contributed by atoms with Crippen molar-refractivity contribution in [2.45, 2.75) is 30.8 Å². The van der Waals surface area contributed by atoms with Gasteiger partial charge in [0.1, 0.15) is 24.6 Å². The second-order valence-electron chi connectivity index (χ2n) is 2.95. The van der Waals surface area contributed by atoms with Gasteiger partial charge in [-0.25, -0.2) is 0 Å². The molecule has 62 valence electrons. The zero-order chi connectivity index (χ0) is 7.84. The third kappa shape index (κ3) is 1.07. The van der Waals surface area contributed by atoms with Crippen molar-refractivity contribution < 1.29 is 19.4 Å². The molecule has 0 aliphatic carbocycles. The Morgan fingerprint density at radius 3 is 3.00 bits per heavy atom. The molecule has 2 heterocycles. The van der Waals surface area contributed by atoms with Crippen LogP contribution in [0.15, 0.2) is 0 Å². The molecule has 2 aliphatic rings. The van der Waals surface area contributed by atoms with Crippen molar-refractivity contribution in [3.63, 3.8) is 0 Å². The molecule has 1 N–H and O–H groups in total. The molecule has 0 unspecified atom stereocenters. The van der Waals surface area contributed by atoms with Crippen LogP contribution < -0.4 is 0 Å². The number of carbonyl (C=O) groups excluding carboxylic acids is 1. The molecule has 11 heavy (non-hydrogen) atoms. The summed E-state index contributed by atoms with van der Waals surface area (Å²) in [5, 5.41) is 9.25. The predicted octanol–water partition coefficient (Wildman–Crippen LogP) is -0.898. The highest BCUT2D eigenvalue weighted by Crippen LogP contribution is 2.29. The number of hydrogen-bond donors (Lipinski definition) is 1. The molecular weight excluding hydrogens is 148 g/mol. The fraction of sp³-hybridized carbons (Fsp3) is 0.857. The van der Waals surface area contributed by atoms with Crippen LogP contribution in [0.25, 0.3) is 0 Å². The van der Waals surface area contributed by atoms with Crippen LogP contribution in [-0.2, 0) is 14.3 Å². The highest BCUT2D eigenvalue weighted by Gasteiger charge is 2.44. The van der Waals surface area contributed by atoms with E-state index in [0.29, 0.717) is 13.0 Å². The largest absolute Gasteiger partial charge is 0.388 e. The number of aliphatic hydroxyl groups is 1. The summed E-state index contributed by atoms with van der Waals surface area (Å²) in [6.45, 7) is 0.334. The minimum atomic E-state index is -0.551. The van der Waals surface area contributed by atoms with E-state index in [1.807, 2.05) is 0 Å². The Bertz CT molecular complexity index is 170. The van der Waals surface area contributed by atoms with Crippen LogP contribution in [0.2, 0.25) is 0 Å². The summed E-state index contributed by atoms with van der Waals surface area (Å²) in [6.07, 6.45) is 0.0786. The van der Waals surface area contributed by atoms with Gasteiger partial charge in [0.2, 0.25) is 0 Å². The Morgan fingerprint density at radius 2 is 2.36 bits per heavy atom. The van der Waals surface area contributed by atoms with Gasteiger partial charge in [0.05, 0.1) is 12.7 Å². The predicted molar refractivity (Wildman–Crippen MR) is 35.1 cm³/mol. The van der Waals surface area contributed by atoms with Gasteiger partial charge in [0.25, 0.3) is 0 Å². The maximum Gasteiger partial charge on any atom is 0.148 e. The van der Waals surface area contributed by atoms with Crippen molar-refractivity contribution in [2.75, 3.05) is 6.61 Å². The summed E-state index contributed by atoms with van der Waals surface area (Å²) in [7, 11) is 0. The molecule has 2 saturated heterocycles. The summed E-state index contributed by atoms with van der Waals surface area (Å²) in [5.41, 5.74) is 0. The minimum Gasteiger partial charge on any atom is -0.388 e. The van der Waals surface area contributed by atoms with Crippen molar-refractivity contribution in [1.29, 1.82) is 0 Å². The van der Waals surface area contributed by atoms with Crippen LogP contribution in [0.4, 0.5) is 0 Å². The SMILES string of the molecule is O=C[C@H]1C[C@@H]2OC[C@@H](O)[C@@H]2O1. The van der Waals surface area contributed by atoms with Gasteiger partial charge in [-0.3, -0.25) is 0 Å². The lowest BCUT2D eigenvalue weighted by Gasteiger charge is -2.09. The lowest BCUT2D eigenvalue weighted by molar-refractivity contribution is -0.119. The minimum absolute atomic E-state index is 0.0693. The molecule has 0 aromatic heterocycles. The molecule has 0 aromatic carbocycles. The number of hydrogen-bond acceptors (Lipinski definition) is 4. The van der Waals surface area contributed by atoms with Crippen molar-refractivity contribution in [1.82, 2.24) is 0 Å². The maximum atomic E-state index is 10.3. The molecule has 0 spiro atoms. The lowest BCUT2D eigenvalue weighted by atomic mass is 10.1. The van der Waals surface area contributed by atoms with E-state index >= 15 is 0 Å². The van der Waals surface area contributed by atoms with Gasteiger partial charge in [-0.15, -0.1) is 0 Å². The normalized spacial score (nSPS) is 49.2. The number of fused-ring (bicyclic) bond motifs is 1. The van der Waals surface area contributed by atoms with Crippen LogP contribution in [0.1, 0.15) is 6.42 Å². The molecule has 0 amide bonds. The Kier molecular flexibility index (Phi) is 1.67. The summed E-state index contributed by atoms with van der Waals surface area (Å²) in [5.74, 6) is 0. The third-order valence-corrected chi connectivity index (χ3v) is 2.18. The van der Waals surface area contributed by atoms with E-state index < -0.39 is 6.10 Å². The van der Waals surface area contributed by atoms with Crippen molar-refractivity contribution >= 4 is 6.29 Å². The number of aldehydes is 1. The zero-order valence-electron chi connectivity index (χ0n) is 5.97.